The van der Waals surface area contributed by atoms with Gasteiger partial charge in [0.25, 0.3) is 0 Å². The number of likely N-dealkylation sites (N-methyl/N-ethyl adjacent to an activating group) is 1. The largest absolute Gasteiger partial charge is 0.395 e. The van der Waals surface area contributed by atoms with Crippen molar-refractivity contribution in [2.45, 2.75) is 0 Å². The highest BCUT2D eigenvalue weighted by Crippen LogP contribution is 1.82. The van der Waals surface area contributed by atoms with E-state index >= 15 is 0 Å². The van der Waals surface area contributed by atoms with Crippen LogP contribution < -0.4 is 0 Å². The Kier molecular flexibility index (Phi) is 3.98. The standard InChI is InChI=1S/C3H9NO3S/c1-4(2-3-5)8(6)7/h5H,2-3H2,1H3,(H,6,7). The molecule has 0 aliphatic heterocycles. The smallest absolute Gasteiger partial charge is 0.234 e. The van der Waals surface area contributed by atoms with E-state index in [4.69, 9.17) is 9.66 Å². The van der Waals surface area contributed by atoms with Crippen LogP contribution in [0.1, 0.15) is 0 Å². The molecule has 0 spiro atoms. The lowest BCUT2D eigenvalue weighted by Gasteiger charge is -2.06. The van der Waals surface area contributed by atoms with Crippen LogP contribution in [0.2, 0.25) is 0 Å². The van der Waals surface area contributed by atoms with Crippen molar-refractivity contribution in [2.75, 3.05) is 20.2 Å². The van der Waals surface area contributed by atoms with Gasteiger partial charge in [0.15, 0.2) is 0 Å². The zero-order valence-corrected chi connectivity index (χ0v) is 5.39. The third-order valence-corrected chi connectivity index (χ3v) is 1.40. The molecule has 0 aromatic carbocycles. The molecule has 0 heterocycles. The Morgan fingerprint density at radius 1 is 1.75 bits per heavy atom. The molecule has 5 heteroatoms. The molecular formula is C3H9NO3S. The molecule has 0 amide bonds. The van der Waals surface area contributed by atoms with E-state index in [2.05, 4.69) is 0 Å². The first-order valence-corrected chi connectivity index (χ1v) is 3.18. The van der Waals surface area contributed by atoms with E-state index in [1.807, 2.05) is 0 Å². The summed E-state index contributed by atoms with van der Waals surface area (Å²) in [5, 5.41) is 8.20. The van der Waals surface area contributed by atoms with Gasteiger partial charge in [-0.1, -0.05) is 0 Å². The van der Waals surface area contributed by atoms with Crippen LogP contribution in [-0.2, 0) is 11.3 Å². The predicted molar refractivity (Wildman–Crippen MR) is 30.5 cm³/mol. The second kappa shape index (κ2) is 3.96. The minimum atomic E-state index is -1.94. The molecule has 8 heavy (non-hydrogen) atoms. The van der Waals surface area contributed by atoms with E-state index in [1.165, 1.54) is 7.05 Å². The van der Waals surface area contributed by atoms with Crippen LogP contribution in [-0.4, -0.2) is 38.4 Å². The summed E-state index contributed by atoms with van der Waals surface area (Å²) in [4.78, 5) is 0. The monoisotopic (exact) mass is 139 g/mol. The maximum atomic E-state index is 10.0. The van der Waals surface area contributed by atoms with Crippen LogP contribution in [0.3, 0.4) is 0 Å². The first-order valence-electron chi connectivity index (χ1n) is 2.11. The molecule has 50 valence electrons. The van der Waals surface area contributed by atoms with Crippen LogP contribution in [0.15, 0.2) is 0 Å². The van der Waals surface area contributed by atoms with Crippen molar-refractivity contribution in [1.82, 2.24) is 4.31 Å². The molecule has 0 saturated carbocycles. The Labute approximate surface area is 50.5 Å². The minimum Gasteiger partial charge on any atom is -0.395 e. The van der Waals surface area contributed by atoms with E-state index in [-0.39, 0.29) is 13.2 Å². The van der Waals surface area contributed by atoms with Gasteiger partial charge in [0.05, 0.1) is 6.61 Å². The average Bonchev–Trinajstić information content (AvgIpc) is 1.67. The highest BCUT2D eigenvalue weighted by Gasteiger charge is 1.99. The summed E-state index contributed by atoms with van der Waals surface area (Å²) >= 11 is -1.94. The van der Waals surface area contributed by atoms with Crippen molar-refractivity contribution >= 4 is 11.3 Å². The molecule has 0 aliphatic carbocycles. The fourth-order valence-corrected chi connectivity index (χ4v) is 0.457. The van der Waals surface area contributed by atoms with Gasteiger partial charge >= 0.3 is 0 Å². The molecule has 0 radical (unpaired) electrons. The molecule has 1 atom stereocenters. The third-order valence-electron chi connectivity index (χ3n) is 0.682. The molecule has 4 nitrogen and oxygen atoms in total. The summed E-state index contributed by atoms with van der Waals surface area (Å²) < 4.78 is 19.4. The molecule has 0 rings (SSSR count). The second-order valence-electron chi connectivity index (χ2n) is 1.31. The van der Waals surface area contributed by atoms with Gasteiger partial charge in [-0.05, 0) is 0 Å². The normalized spacial score (nSPS) is 14.5. The molecule has 0 aromatic heterocycles. The average molecular weight is 139 g/mol. The van der Waals surface area contributed by atoms with E-state index in [0.717, 1.165) is 4.31 Å². The van der Waals surface area contributed by atoms with Gasteiger partial charge in [-0.15, -0.1) is 0 Å². The van der Waals surface area contributed by atoms with Crippen molar-refractivity contribution in [3.8, 4) is 0 Å². The Balaban J connectivity index is 3.32. The third kappa shape index (κ3) is 3.09. The molecule has 1 unspecified atom stereocenters. The quantitative estimate of drug-likeness (QED) is 0.495. The molecule has 0 aliphatic rings. The summed E-state index contributed by atoms with van der Waals surface area (Å²) in [5.74, 6) is 0. The minimum absolute atomic E-state index is 0.0944. The molecule has 0 bridgehead atoms. The summed E-state index contributed by atoms with van der Waals surface area (Å²) in [6.07, 6.45) is 0. The summed E-state index contributed by atoms with van der Waals surface area (Å²) in [5.41, 5.74) is 0. The Hall–Kier alpha value is 0.0300. The van der Waals surface area contributed by atoms with E-state index in [1.54, 1.807) is 0 Å². The van der Waals surface area contributed by atoms with Gasteiger partial charge in [-0.2, -0.15) is 0 Å². The Morgan fingerprint density at radius 2 is 2.25 bits per heavy atom. The SMILES string of the molecule is CN(CCO)S(=O)O. The fourth-order valence-electron chi connectivity index (χ4n) is 0.219. The van der Waals surface area contributed by atoms with Gasteiger partial charge in [0, 0.05) is 13.6 Å². The van der Waals surface area contributed by atoms with Crippen LogP contribution in [0.5, 0.6) is 0 Å². The van der Waals surface area contributed by atoms with Gasteiger partial charge in [0.2, 0.25) is 11.3 Å². The summed E-state index contributed by atoms with van der Waals surface area (Å²) in [7, 11) is 1.45. The highest BCUT2D eigenvalue weighted by atomic mass is 32.2. The fraction of sp³-hybridized carbons (Fsp3) is 1.00. The van der Waals surface area contributed by atoms with Crippen LogP contribution in [0, 0.1) is 0 Å². The first-order chi connectivity index (χ1) is 3.68. The van der Waals surface area contributed by atoms with Crippen LogP contribution in [0.25, 0.3) is 0 Å². The summed E-state index contributed by atoms with van der Waals surface area (Å²) in [6.45, 7) is 0.131. The van der Waals surface area contributed by atoms with E-state index in [0.29, 0.717) is 0 Å². The van der Waals surface area contributed by atoms with Crippen molar-refractivity contribution < 1.29 is 13.9 Å². The lowest BCUT2D eigenvalue weighted by atomic mass is 10.7. The molecule has 2 N–H and O–H groups in total. The maximum absolute atomic E-state index is 10.0. The number of nitrogens with zero attached hydrogens (tertiary/aromatic N) is 1. The maximum Gasteiger partial charge on any atom is 0.234 e. The molecule has 0 aromatic rings. The Bertz CT molecular complexity index is 86.6. The van der Waals surface area contributed by atoms with Gasteiger partial charge in [-0.3, -0.25) is 4.55 Å². The molecule has 0 saturated heterocycles. The number of aliphatic hydroxyl groups excluding tert-OH is 1. The van der Waals surface area contributed by atoms with Gasteiger partial charge in [-0.25, -0.2) is 8.51 Å². The summed E-state index contributed by atoms with van der Waals surface area (Å²) in [6, 6.07) is 0. The van der Waals surface area contributed by atoms with Crippen LogP contribution >= 0.6 is 0 Å². The number of hydrogen-bond acceptors (Lipinski definition) is 2. The number of hydrogen-bond donors (Lipinski definition) is 2. The van der Waals surface area contributed by atoms with Crippen molar-refractivity contribution in [1.29, 1.82) is 0 Å². The zero-order chi connectivity index (χ0) is 6.57. The zero-order valence-electron chi connectivity index (χ0n) is 4.57. The second-order valence-corrected chi connectivity index (χ2v) is 2.39. The van der Waals surface area contributed by atoms with Crippen molar-refractivity contribution in [3.63, 3.8) is 0 Å². The number of aliphatic hydroxyl groups is 1. The van der Waals surface area contributed by atoms with Gasteiger partial charge in [0.1, 0.15) is 0 Å². The predicted octanol–water partition coefficient (Wildman–Crippen LogP) is -0.953. The lowest BCUT2D eigenvalue weighted by molar-refractivity contribution is 0.265. The Morgan fingerprint density at radius 3 is 2.38 bits per heavy atom. The highest BCUT2D eigenvalue weighted by molar-refractivity contribution is 7.76. The topological polar surface area (TPSA) is 60.8 Å². The first kappa shape index (κ1) is 8.03. The number of rotatable bonds is 3. The lowest BCUT2D eigenvalue weighted by Crippen LogP contribution is -2.23. The molecular weight excluding hydrogens is 130 g/mol. The van der Waals surface area contributed by atoms with Crippen molar-refractivity contribution in [3.05, 3.63) is 0 Å². The van der Waals surface area contributed by atoms with Crippen LogP contribution in [0.4, 0.5) is 0 Å². The van der Waals surface area contributed by atoms with Crippen molar-refractivity contribution in [2.24, 2.45) is 0 Å². The molecule has 0 fully saturated rings. The van der Waals surface area contributed by atoms with E-state index in [9.17, 15) is 4.21 Å². The van der Waals surface area contributed by atoms with Gasteiger partial charge < -0.3 is 5.11 Å². The van der Waals surface area contributed by atoms with E-state index < -0.39 is 11.3 Å².